The first kappa shape index (κ1) is 18.0. The summed E-state index contributed by atoms with van der Waals surface area (Å²) in [5.41, 5.74) is -0.403. The summed E-state index contributed by atoms with van der Waals surface area (Å²) >= 11 is 0. The van der Waals surface area contributed by atoms with E-state index in [1.54, 1.807) is 0 Å². The largest absolute Gasteiger partial charge is 0.450 e. The second-order valence-corrected chi connectivity index (χ2v) is 5.56. The molecule has 0 bridgehead atoms. The molecule has 1 atom stereocenters. The molecule has 0 aromatic rings. The molecule has 0 rings (SSSR count). The van der Waals surface area contributed by atoms with Crippen molar-refractivity contribution in [1.29, 1.82) is 5.26 Å². The number of carbonyl (C=O) groups excluding carboxylic acids is 1. The maximum Gasteiger partial charge on any atom is 0.312 e. The second kappa shape index (κ2) is 10.8. The highest BCUT2D eigenvalue weighted by Crippen LogP contribution is 2.32. The van der Waals surface area contributed by atoms with Crippen LogP contribution in [0.25, 0.3) is 0 Å². The zero-order valence-corrected chi connectivity index (χ0v) is 12.8. The van der Waals surface area contributed by atoms with Gasteiger partial charge in [-0.15, -0.1) is 0 Å². The van der Waals surface area contributed by atoms with Gasteiger partial charge in [-0.1, -0.05) is 58.8 Å². The van der Waals surface area contributed by atoms with Crippen LogP contribution in [0.4, 0.5) is 0 Å². The van der Waals surface area contributed by atoms with Crippen molar-refractivity contribution >= 4 is 5.97 Å². The molecule has 0 radical (unpaired) electrons. The molecule has 0 heterocycles. The number of hydrogen-bond donors (Lipinski definition) is 0. The number of nitrogens with zero attached hydrogens (tertiary/aromatic N) is 1. The molecule has 0 aliphatic carbocycles. The fourth-order valence-corrected chi connectivity index (χ4v) is 2.31. The van der Waals surface area contributed by atoms with Crippen molar-refractivity contribution in [1.82, 2.24) is 0 Å². The van der Waals surface area contributed by atoms with E-state index in [4.69, 9.17) is 10.00 Å². The normalized spacial score (nSPS) is 13.6. The van der Waals surface area contributed by atoms with Crippen molar-refractivity contribution in [3.8, 4) is 6.07 Å². The lowest BCUT2D eigenvalue weighted by Gasteiger charge is -2.27. The average Bonchev–Trinajstić information content (AvgIpc) is 2.41. The zero-order valence-electron chi connectivity index (χ0n) is 12.8. The van der Waals surface area contributed by atoms with Gasteiger partial charge in [-0.25, -0.2) is 0 Å². The van der Waals surface area contributed by atoms with E-state index in [0.717, 1.165) is 38.5 Å². The Labute approximate surface area is 118 Å². The Balaban J connectivity index is 4.34. The van der Waals surface area contributed by atoms with Gasteiger partial charge < -0.3 is 4.74 Å². The summed E-state index contributed by atoms with van der Waals surface area (Å²) in [5.74, 6) is -0.193. The number of ether oxygens (including phenoxy) is 1. The summed E-state index contributed by atoms with van der Waals surface area (Å²) in [4.78, 5) is 12.1. The van der Waals surface area contributed by atoms with Gasteiger partial charge in [0.05, 0.1) is 5.41 Å². The lowest BCUT2D eigenvalue weighted by Crippen LogP contribution is -2.30. The number of unbranched alkanes of at least 4 members (excludes halogenated alkanes) is 5. The third-order valence-electron chi connectivity index (χ3n) is 3.67. The molecule has 0 spiro atoms. The molecule has 0 saturated carbocycles. The molecule has 0 aromatic carbocycles. The first-order chi connectivity index (χ1) is 9.10. The van der Waals surface area contributed by atoms with Crippen molar-refractivity contribution in [2.75, 3.05) is 6.61 Å². The van der Waals surface area contributed by atoms with Crippen molar-refractivity contribution in [2.45, 2.75) is 78.6 Å². The van der Waals surface area contributed by atoms with Crippen LogP contribution in [0.15, 0.2) is 0 Å². The van der Waals surface area contributed by atoms with Crippen molar-refractivity contribution < 1.29 is 9.53 Å². The van der Waals surface area contributed by atoms with Crippen LogP contribution >= 0.6 is 0 Å². The Morgan fingerprint density at radius 2 is 1.58 bits per heavy atom. The van der Waals surface area contributed by atoms with E-state index < -0.39 is 5.41 Å². The Hall–Kier alpha value is -1.04. The minimum Gasteiger partial charge on any atom is -0.450 e. The number of nitriles is 1. The average molecular weight is 267 g/mol. The van der Waals surface area contributed by atoms with E-state index in [0.29, 0.717) is 0 Å². The van der Waals surface area contributed by atoms with Crippen LogP contribution < -0.4 is 0 Å². The fraction of sp³-hybridized carbons (Fsp3) is 0.875. The zero-order chi connectivity index (χ0) is 14.6. The van der Waals surface area contributed by atoms with Gasteiger partial charge >= 0.3 is 5.97 Å². The Morgan fingerprint density at radius 1 is 1.05 bits per heavy atom. The number of hydrogen-bond acceptors (Lipinski definition) is 3. The molecular weight excluding hydrogens is 238 g/mol. The maximum atomic E-state index is 12.1. The van der Waals surface area contributed by atoms with Crippen molar-refractivity contribution in [2.24, 2.45) is 5.41 Å². The first-order valence-corrected chi connectivity index (χ1v) is 7.65. The van der Waals surface area contributed by atoms with Gasteiger partial charge in [0.15, 0.2) is 6.61 Å². The van der Waals surface area contributed by atoms with Gasteiger partial charge in [0.2, 0.25) is 0 Å². The number of carbonyl (C=O) groups is 1. The Morgan fingerprint density at radius 3 is 2.11 bits per heavy atom. The summed E-state index contributed by atoms with van der Waals surface area (Å²) in [7, 11) is 0. The molecule has 3 nitrogen and oxygen atoms in total. The molecule has 0 amide bonds. The smallest absolute Gasteiger partial charge is 0.312 e. The SMILES string of the molecule is CCCCCCC(C)(CCCCC)C(=O)OCC#N. The number of esters is 1. The molecule has 0 aliphatic heterocycles. The predicted octanol–water partition coefficient (Wildman–Crippen LogP) is 4.61. The summed E-state index contributed by atoms with van der Waals surface area (Å²) in [6.07, 6.45) is 9.77. The molecule has 0 aliphatic rings. The highest BCUT2D eigenvalue weighted by Gasteiger charge is 2.33. The Kier molecular flexibility index (Phi) is 10.2. The molecular formula is C16H29NO2. The van der Waals surface area contributed by atoms with Crippen molar-refractivity contribution in [3.05, 3.63) is 0 Å². The molecule has 0 fully saturated rings. The van der Waals surface area contributed by atoms with Gasteiger partial charge in [0.1, 0.15) is 6.07 Å². The van der Waals surface area contributed by atoms with Crippen LogP contribution in [0, 0.1) is 16.7 Å². The van der Waals surface area contributed by atoms with Gasteiger partial charge in [-0.2, -0.15) is 5.26 Å². The van der Waals surface area contributed by atoms with E-state index >= 15 is 0 Å². The summed E-state index contributed by atoms with van der Waals surface area (Å²) in [6, 6.07) is 1.87. The van der Waals surface area contributed by atoms with Crippen LogP contribution in [0.2, 0.25) is 0 Å². The third-order valence-corrected chi connectivity index (χ3v) is 3.67. The molecule has 0 N–H and O–H groups in total. The highest BCUT2D eigenvalue weighted by atomic mass is 16.5. The number of rotatable bonds is 11. The van der Waals surface area contributed by atoms with Gasteiger partial charge in [0.25, 0.3) is 0 Å². The van der Waals surface area contributed by atoms with Crippen LogP contribution in [0.3, 0.4) is 0 Å². The standard InChI is InChI=1S/C16H29NO2/c1-4-6-8-10-12-16(3,11-9-7-5-2)15(18)19-14-13-17/h4-12,14H2,1-3H3. The molecule has 3 heteroatoms. The fourth-order valence-electron chi connectivity index (χ4n) is 2.31. The van der Waals surface area contributed by atoms with Crippen LogP contribution in [-0.2, 0) is 9.53 Å². The summed E-state index contributed by atoms with van der Waals surface area (Å²) < 4.78 is 5.04. The molecule has 0 saturated heterocycles. The minimum absolute atomic E-state index is 0.128. The minimum atomic E-state index is -0.403. The molecule has 1 unspecified atom stereocenters. The van der Waals surface area contributed by atoms with Gasteiger partial charge in [0, 0.05) is 0 Å². The van der Waals surface area contributed by atoms with E-state index in [2.05, 4.69) is 13.8 Å². The quantitative estimate of drug-likeness (QED) is 0.406. The van der Waals surface area contributed by atoms with Crippen LogP contribution in [0.5, 0.6) is 0 Å². The highest BCUT2D eigenvalue weighted by molar-refractivity contribution is 5.76. The predicted molar refractivity (Wildman–Crippen MR) is 77.6 cm³/mol. The Bertz CT molecular complexity index is 283. The maximum absolute atomic E-state index is 12.1. The first-order valence-electron chi connectivity index (χ1n) is 7.65. The topological polar surface area (TPSA) is 50.1 Å². The summed E-state index contributed by atoms with van der Waals surface area (Å²) in [6.45, 7) is 6.21. The summed E-state index contributed by atoms with van der Waals surface area (Å²) in [5, 5.41) is 8.51. The molecule has 0 aromatic heterocycles. The monoisotopic (exact) mass is 267 g/mol. The second-order valence-electron chi connectivity index (χ2n) is 5.56. The van der Waals surface area contributed by atoms with Crippen LogP contribution in [-0.4, -0.2) is 12.6 Å². The van der Waals surface area contributed by atoms with Gasteiger partial charge in [-0.05, 0) is 19.8 Å². The lowest BCUT2D eigenvalue weighted by atomic mass is 9.80. The van der Waals surface area contributed by atoms with Crippen molar-refractivity contribution in [3.63, 3.8) is 0 Å². The van der Waals surface area contributed by atoms with Gasteiger partial charge in [-0.3, -0.25) is 4.79 Å². The van der Waals surface area contributed by atoms with E-state index in [9.17, 15) is 4.79 Å². The van der Waals surface area contributed by atoms with Crippen LogP contribution in [0.1, 0.15) is 78.6 Å². The van der Waals surface area contributed by atoms with E-state index in [-0.39, 0.29) is 12.6 Å². The van der Waals surface area contributed by atoms with E-state index in [1.165, 1.54) is 19.3 Å². The molecule has 19 heavy (non-hydrogen) atoms. The lowest BCUT2D eigenvalue weighted by molar-refractivity contribution is -0.154. The molecule has 110 valence electrons. The van der Waals surface area contributed by atoms with E-state index in [1.807, 2.05) is 13.0 Å². The third kappa shape index (κ3) is 7.87.